The van der Waals surface area contributed by atoms with Crippen LogP contribution in [-0.2, 0) is 0 Å². The molecule has 0 aromatic carbocycles. The third-order valence-electron chi connectivity index (χ3n) is 3.84. The molecule has 1 N–H and O–H groups in total. The molecule has 2 heterocycles. The lowest BCUT2D eigenvalue weighted by atomic mass is 9.98. The molecule has 1 aliphatic heterocycles. The molecule has 0 radical (unpaired) electrons. The number of aryl methyl sites for hydroxylation is 1. The summed E-state index contributed by atoms with van der Waals surface area (Å²) in [6.45, 7) is 10.7. The zero-order valence-electron chi connectivity index (χ0n) is 13.7. The lowest BCUT2D eigenvalue weighted by molar-refractivity contribution is 0.378. The van der Waals surface area contributed by atoms with Gasteiger partial charge in [-0.15, -0.1) is 0 Å². The monoisotopic (exact) mass is 292 g/mol. The van der Waals surface area contributed by atoms with Gasteiger partial charge in [0, 0.05) is 19.2 Å². The standard InChI is InChI=1S/C16H28N4O/c1-12(2)9-17-10-14-6-5-7-20(11-14)15-8-16(21-4)19-13(3)18-15/h8,12,14,17H,5-7,9-11H2,1-4H3. The van der Waals surface area contributed by atoms with Crippen LogP contribution in [0.4, 0.5) is 5.82 Å². The van der Waals surface area contributed by atoms with Crippen molar-refractivity contribution in [1.29, 1.82) is 0 Å². The van der Waals surface area contributed by atoms with Gasteiger partial charge in [-0.05, 0) is 44.7 Å². The highest BCUT2D eigenvalue weighted by Crippen LogP contribution is 2.23. The first kappa shape index (κ1) is 16.0. The van der Waals surface area contributed by atoms with Crippen molar-refractivity contribution < 1.29 is 4.74 Å². The summed E-state index contributed by atoms with van der Waals surface area (Å²) in [5, 5.41) is 3.58. The van der Waals surface area contributed by atoms with Crippen LogP contribution in [0.5, 0.6) is 5.88 Å². The van der Waals surface area contributed by atoms with E-state index in [0.29, 0.717) is 17.7 Å². The molecule has 2 rings (SSSR count). The van der Waals surface area contributed by atoms with Crippen LogP contribution in [0.1, 0.15) is 32.5 Å². The minimum absolute atomic E-state index is 0.651. The highest BCUT2D eigenvalue weighted by atomic mass is 16.5. The van der Waals surface area contributed by atoms with Gasteiger partial charge in [-0.2, -0.15) is 4.98 Å². The molecule has 1 aromatic rings. The summed E-state index contributed by atoms with van der Waals surface area (Å²) in [7, 11) is 1.65. The molecule has 1 unspecified atom stereocenters. The Morgan fingerprint density at radius 3 is 2.95 bits per heavy atom. The normalized spacial score (nSPS) is 19.1. The summed E-state index contributed by atoms with van der Waals surface area (Å²) >= 11 is 0. The first-order valence-electron chi connectivity index (χ1n) is 7.94. The molecule has 1 aliphatic rings. The molecule has 118 valence electrons. The summed E-state index contributed by atoms with van der Waals surface area (Å²) in [6.07, 6.45) is 2.52. The number of hydrogen-bond acceptors (Lipinski definition) is 5. The van der Waals surface area contributed by atoms with E-state index in [1.165, 1.54) is 12.8 Å². The summed E-state index contributed by atoms with van der Waals surface area (Å²) in [5.74, 6) is 3.81. The lowest BCUT2D eigenvalue weighted by Crippen LogP contribution is -2.40. The number of nitrogens with one attached hydrogen (secondary N) is 1. The van der Waals surface area contributed by atoms with E-state index in [4.69, 9.17) is 4.74 Å². The third-order valence-corrected chi connectivity index (χ3v) is 3.84. The average molecular weight is 292 g/mol. The Hall–Kier alpha value is -1.36. The van der Waals surface area contributed by atoms with Crippen molar-refractivity contribution in [2.45, 2.75) is 33.6 Å². The Balaban J connectivity index is 1.95. The van der Waals surface area contributed by atoms with E-state index in [-0.39, 0.29) is 0 Å². The third kappa shape index (κ3) is 4.84. The molecule has 0 aliphatic carbocycles. The van der Waals surface area contributed by atoms with Gasteiger partial charge in [0.15, 0.2) is 0 Å². The lowest BCUT2D eigenvalue weighted by Gasteiger charge is -2.34. The van der Waals surface area contributed by atoms with Gasteiger partial charge in [0.1, 0.15) is 11.6 Å². The van der Waals surface area contributed by atoms with E-state index in [1.54, 1.807) is 7.11 Å². The second-order valence-corrected chi connectivity index (χ2v) is 6.32. The Labute approximate surface area is 128 Å². The largest absolute Gasteiger partial charge is 0.481 e. The first-order chi connectivity index (χ1) is 10.1. The molecule has 0 amide bonds. The SMILES string of the molecule is COc1cc(N2CCCC(CNCC(C)C)C2)nc(C)n1. The smallest absolute Gasteiger partial charge is 0.218 e. The zero-order chi connectivity index (χ0) is 15.2. The van der Waals surface area contributed by atoms with Crippen molar-refractivity contribution in [3.05, 3.63) is 11.9 Å². The Morgan fingerprint density at radius 1 is 1.43 bits per heavy atom. The summed E-state index contributed by atoms with van der Waals surface area (Å²) < 4.78 is 5.25. The molecule has 1 atom stereocenters. The molecule has 1 aromatic heterocycles. The molecule has 0 spiro atoms. The highest BCUT2D eigenvalue weighted by Gasteiger charge is 2.21. The summed E-state index contributed by atoms with van der Waals surface area (Å²) in [5.41, 5.74) is 0. The van der Waals surface area contributed by atoms with Gasteiger partial charge in [0.2, 0.25) is 5.88 Å². The van der Waals surface area contributed by atoms with E-state index in [9.17, 15) is 0 Å². The van der Waals surface area contributed by atoms with Crippen molar-refractivity contribution >= 4 is 5.82 Å². The fourth-order valence-electron chi connectivity index (χ4n) is 2.81. The average Bonchev–Trinajstić information content (AvgIpc) is 2.46. The predicted molar refractivity (Wildman–Crippen MR) is 86.0 cm³/mol. The van der Waals surface area contributed by atoms with Gasteiger partial charge in [-0.25, -0.2) is 4.98 Å². The van der Waals surface area contributed by atoms with Crippen LogP contribution in [-0.4, -0.2) is 43.3 Å². The van der Waals surface area contributed by atoms with E-state index < -0.39 is 0 Å². The quantitative estimate of drug-likeness (QED) is 0.871. The molecular formula is C16H28N4O. The topological polar surface area (TPSA) is 50.3 Å². The van der Waals surface area contributed by atoms with Crippen molar-refractivity contribution in [3.63, 3.8) is 0 Å². The van der Waals surface area contributed by atoms with Crippen molar-refractivity contribution in [1.82, 2.24) is 15.3 Å². The first-order valence-corrected chi connectivity index (χ1v) is 7.94. The van der Waals surface area contributed by atoms with Gasteiger partial charge >= 0.3 is 0 Å². The van der Waals surface area contributed by atoms with Gasteiger partial charge < -0.3 is 15.0 Å². The molecule has 0 bridgehead atoms. The number of anilines is 1. The number of rotatable bonds is 6. The van der Waals surface area contributed by atoms with Crippen LogP contribution >= 0.6 is 0 Å². The second kappa shape index (κ2) is 7.59. The fourth-order valence-corrected chi connectivity index (χ4v) is 2.81. The van der Waals surface area contributed by atoms with Crippen LogP contribution in [0.3, 0.4) is 0 Å². The minimum Gasteiger partial charge on any atom is -0.481 e. The van der Waals surface area contributed by atoms with Crippen LogP contribution in [0.15, 0.2) is 6.07 Å². The van der Waals surface area contributed by atoms with Crippen LogP contribution in [0.2, 0.25) is 0 Å². The van der Waals surface area contributed by atoms with E-state index in [1.807, 2.05) is 13.0 Å². The maximum absolute atomic E-state index is 5.25. The maximum atomic E-state index is 5.25. The number of nitrogens with zero attached hydrogens (tertiary/aromatic N) is 3. The van der Waals surface area contributed by atoms with Crippen molar-refractivity contribution in [2.75, 3.05) is 38.2 Å². The van der Waals surface area contributed by atoms with Gasteiger partial charge in [0.05, 0.1) is 7.11 Å². The number of methoxy groups -OCH3 is 1. The Bertz CT molecular complexity index is 450. The van der Waals surface area contributed by atoms with Crippen molar-refractivity contribution in [3.8, 4) is 5.88 Å². The van der Waals surface area contributed by atoms with Gasteiger partial charge in [-0.3, -0.25) is 0 Å². The minimum atomic E-state index is 0.651. The Morgan fingerprint density at radius 2 is 2.24 bits per heavy atom. The second-order valence-electron chi connectivity index (χ2n) is 6.32. The highest BCUT2D eigenvalue weighted by molar-refractivity contribution is 5.42. The molecule has 1 fully saturated rings. The fraction of sp³-hybridized carbons (Fsp3) is 0.750. The number of piperidine rings is 1. The number of aromatic nitrogens is 2. The molecule has 5 nitrogen and oxygen atoms in total. The van der Waals surface area contributed by atoms with Crippen LogP contribution in [0, 0.1) is 18.8 Å². The number of ether oxygens (including phenoxy) is 1. The zero-order valence-corrected chi connectivity index (χ0v) is 13.7. The molecule has 0 saturated carbocycles. The molecule has 5 heteroatoms. The van der Waals surface area contributed by atoms with Gasteiger partial charge in [0.25, 0.3) is 0 Å². The molecule has 1 saturated heterocycles. The van der Waals surface area contributed by atoms with E-state index in [0.717, 1.165) is 37.8 Å². The van der Waals surface area contributed by atoms with Crippen LogP contribution < -0.4 is 15.0 Å². The number of hydrogen-bond donors (Lipinski definition) is 1. The van der Waals surface area contributed by atoms with Crippen molar-refractivity contribution in [2.24, 2.45) is 11.8 Å². The van der Waals surface area contributed by atoms with Crippen LogP contribution in [0.25, 0.3) is 0 Å². The molecule has 21 heavy (non-hydrogen) atoms. The van der Waals surface area contributed by atoms with E-state index in [2.05, 4.69) is 34.0 Å². The predicted octanol–water partition coefficient (Wildman–Crippen LogP) is 2.26. The summed E-state index contributed by atoms with van der Waals surface area (Å²) in [4.78, 5) is 11.2. The maximum Gasteiger partial charge on any atom is 0.218 e. The van der Waals surface area contributed by atoms with Gasteiger partial charge in [-0.1, -0.05) is 13.8 Å². The Kier molecular flexibility index (Phi) is 5.79. The molecular weight excluding hydrogens is 264 g/mol. The summed E-state index contributed by atoms with van der Waals surface area (Å²) in [6, 6.07) is 1.94. The van der Waals surface area contributed by atoms with E-state index >= 15 is 0 Å².